The summed E-state index contributed by atoms with van der Waals surface area (Å²) in [6.45, 7) is 2.53. The van der Waals surface area contributed by atoms with E-state index in [9.17, 15) is 13.6 Å². The number of ether oxygens (including phenoxy) is 2. The summed E-state index contributed by atoms with van der Waals surface area (Å²) in [5, 5.41) is 3.26. The molecule has 6 nitrogen and oxygen atoms in total. The lowest BCUT2D eigenvalue weighted by atomic mass is 9.88. The van der Waals surface area contributed by atoms with Crippen molar-refractivity contribution in [2.45, 2.75) is 20.5 Å². The first-order valence-electron chi connectivity index (χ1n) is 12.5. The van der Waals surface area contributed by atoms with Gasteiger partial charge in [0.1, 0.15) is 11.6 Å². The van der Waals surface area contributed by atoms with Gasteiger partial charge in [0.25, 0.3) is 0 Å². The highest BCUT2D eigenvalue weighted by atomic mass is 19.3. The maximum atomic E-state index is 12.9. The number of aliphatic imine (C=N–C) groups is 1. The van der Waals surface area contributed by atoms with Gasteiger partial charge in [-0.3, -0.25) is 9.79 Å². The number of rotatable bonds is 8. The number of hydrogen-bond acceptors (Lipinski definition) is 6. The number of pyridine rings is 1. The molecule has 39 heavy (non-hydrogen) atoms. The van der Waals surface area contributed by atoms with Crippen LogP contribution in [0.5, 0.6) is 11.6 Å². The molecule has 5 rings (SSSR count). The molecule has 0 amide bonds. The Bertz CT molecular complexity index is 1580. The zero-order valence-electron chi connectivity index (χ0n) is 21.8. The first-order chi connectivity index (χ1) is 18.9. The Labute approximate surface area is 225 Å². The van der Waals surface area contributed by atoms with E-state index in [2.05, 4.69) is 28.0 Å². The molecule has 4 aromatic rings. The molecule has 8 heteroatoms. The van der Waals surface area contributed by atoms with E-state index < -0.39 is 6.61 Å². The maximum Gasteiger partial charge on any atom is 0.387 e. The van der Waals surface area contributed by atoms with Crippen LogP contribution in [0.15, 0.2) is 71.7 Å². The molecule has 3 aromatic carbocycles. The number of aldehydes is 1. The summed E-state index contributed by atoms with van der Waals surface area (Å²) in [6.07, 6.45) is 0.507. The molecule has 0 bridgehead atoms. The molecule has 1 aliphatic heterocycles. The van der Waals surface area contributed by atoms with Crippen LogP contribution < -0.4 is 14.8 Å². The van der Waals surface area contributed by atoms with Crippen molar-refractivity contribution in [2.75, 3.05) is 20.2 Å². The van der Waals surface area contributed by atoms with Gasteiger partial charge in [-0.1, -0.05) is 42.5 Å². The third-order valence-corrected chi connectivity index (χ3v) is 6.88. The lowest BCUT2D eigenvalue weighted by molar-refractivity contribution is -0.0500. The smallest absolute Gasteiger partial charge is 0.387 e. The largest absolute Gasteiger partial charge is 0.480 e. The van der Waals surface area contributed by atoms with Gasteiger partial charge in [-0.15, -0.1) is 0 Å². The average molecular weight is 528 g/mol. The van der Waals surface area contributed by atoms with Gasteiger partial charge in [0.2, 0.25) is 5.88 Å². The van der Waals surface area contributed by atoms with Gasteiger partial charge < -0.3 is 14.8 Å². The van der Waals surface area contributed by atoms with Crippen molar-refractivity contribution in [1.29, 1.82) is 0 Å². The minimum absolute atomic E-state index is 0.0705. The quantitative estimate of drug-likeness (QED) is 0.266. The summed E-state index contributed by atoms with van der Waals surface area (Å²) < 4.78 is 36.1. The second kappa shape index (κ2) is 11.0. The molecule has 1 N–H and O–H groups in total. The summed E-state index contributed by atoms with van der Waals surface area (Å²) in [6, 6.07) is 20.6. The van der Waals surface area contributed by atoms with Crippen molar-refractivity contribution >= 4 is 12.1 Å². The minimum atomic E-state index is -3.03. The predicted octanol–water partition coefficient (Wildman–Crippen LogP) is 6.47. The van der Waals surface area contributed by atoms with Crippen molar-refractivity contribution in [3.8, 4) is 45.1 Å². The van der Waals surface area contributed by atoms with E-state index in [4.69, 9.17) is 9.72 Å². The van der Waals surface area contributed by atoms with Crippen LogP contribution >= 0.6 is 0 Å². The standard InChI is InChI=1S/C31H27F2N3O3/c1-18-22(20-10-11-21(17-37)28(16-20)39-31(32)33)6-4-7-23(18)24-8-5-9-25(19(24)2)27-13-12-26(30(36-27)38-3)29-34-14-15-35-29/h4-13,16-17,31H,14-15H2,1-3H3,(H,34,35). The molecule has 1 aromatic heterocycles. The molecule has 198 valence electrons. The zero-order valence-corrected chi connectivity index (χ0v) is 21.8. The molecule has 0 spiro atoms. The number of carbonyl (C=O) groups excluding carboxylic acids is 1. The summed E-state index contributed by atoms with van der Waals surface area (Å²) in [5.74, 6) is 1.14. The number of benzene rings is 3. The van der Waals surface area contributed by atoms with Crippen LogP contribution in [0, 0.1) is 13.8 Å². The van der Waals surface area contributed by atoms with Gasteiger partial charge >= 0.3 is 6.61 Å². The third kappa shape index (κ3) is 5.10. The number of halogens is 2. The monoisotopic (exact) mass is 527 g/mol. The van der Waals surface area contributed by atoms with Crippen molar-refractivity contribution in [3.63, 3.8) is 0 Å². The highest BCUT2D eigenvalue weighted by molar-refractivity contribution is 6.02. The summed E-state index contributed by atoms with van der Waals surface area (Å²) in [5.41, 5.74) is 8.18. The summed E-state index contributed by atoms with van der Waals surface area (Å²) in [7, 11) is 1.60. The van der Waals surface area contributed by atoms with Gasteiger partial charge in [0.05, 0.1) is 30.5 Å². The number of hydrogen-bond donors (Lipinski definition) is 1. The van der Waals surface area contributed by atoms with E-state index in [0.29, 0.717) is 17.7 Å². The molecule has 0 radical (unpaired) electrons. The number of alkyl halides is 2. The Balaban J connectivity index is 1.56. The van der Waals surface area contributed by atoms with Crippen LogP contribution in [-0.4, -0.2) is 43.9 Å². The van der Waals surface area contributed by atoms with Gasteiger partial charge in [-0.25, -0.2) is 4.98 Å². The van der Waals surface area contributed by atoms with Crippen molar-refractivity contribution in [2.24, 2.45) is 4.99 Å². The maximum absolute atomic E-state index is 12.9. The van der Waals surface area contributed by atoms with E-state index in [0.717, 1.165) is 63.6 Å². The molecular weight excluding hydrogens is 500 g/mol. The molecule has 0 saturated heterocycles. The van der Waals surface area contributed by atoms with Crippen LogP contribution in [0.4, 0.5) is 8.78 Å². The zero-order chi connectivity index (χ0) is 27.5. The SMILES string of the molecule is COc1nc(-c2cccc(-c3cccc(-c4ccc(C=O)c(OC(F)F)c4)c3C)c2C)ccc1C1=NCCN1. The second-order valence-electron chi connectivity index (χ2n) is 9.12. The number of aromatic nitrogens is 1. The van der Waals surface area contributed by atoms with Crippen LogP contribution in [0.25, 0.3) is 33.5 Å². The Kier molecular flexibility index (Phi) is 7.36. The fourth-order valence-corrected chi connectivity index (χ4v) is 4.95. The van der Waals surface area contributed by atoms with Crippen LogP contribution in [0.3, 0.4) is 0 Å². The number of amidine groups is 1. The molecule has 0 unspecified atom stereocenters. The number of methoxy groups -OCH3 is 1. The van der Waals surface area contributed by atoms with Gasteiger partial charge in [0.15, 0.2) is 6.29 Å². The summed E-state index contributed by atoms with van der Waals surface area (Å²) in [4.78, 5) is 20.6. The van der Waals surface area contributed by atoms with Crippen LogP contribution in [0.1, 0.15) is 27.0 Å². The van der Waals surface area contributed by atoms with E-state index in [1.165, 1.54) is 12.1 Å². The number of nitrogens with zero attached hydrogens (tertiary/aromatic N) is 2. The molecule has 0 aliphatic carbocycles. The minimum Gasteiger partial charge on any atom is -0.480 e. The van der Waals surface area contributed by atoms with Gasteiger partial charge in [-0.2, -0.15) is 8.78 Å². The molecule has 0 atom stereocenters. The molecule has 2 heterocycles. The Morgan fingerprint density at radius 3 is 2.23 bits per heavy atom. The molecule has 1 aliphatic rings. The Morgan fingerprint density at radius 2 is 1.59 bits per heavy atom. The van der Waals surface area contributed by atoms with E-state index in [-0.39, 0.29) is 11.3 Å². The van der Waals surface area contributed by atoms with Crippen LogP contribution in [-0.2, 0) is 0 Å². The topological polar surface area (TPSA) is 72.8 Å². The fraction of sp³-hybridized carbons (Fsp3) is 0.194. The third-order valence-electron chi connectivity index (χ3n) is 6.88. The molecule has 0 fully saturated rings. The lowest BCUT2D eigenvalue weighted by Crippen LogP contribution is -2.20. The lowest BCUT2D eigenvalue weighted by Gasteiger charge is -2.17. The summed E-state index contributed by atoms with van der Waals surface area (Å²) >= 11 is 0. The predicted molar refractivity (Wildman–Crippen MR) is 148 cm³/mol. The number of nitrogens with one attached hydrogen (secondary N) is 1. The highest BCUT2D eigenvalue weighted by Gasteiger charge is 2.19. The fourth-order valence-electron chi connectivity index (χ4n) is 4.95. The van der Waals surface area contributed by atoms with E-state index >= 15 is 0 Å². The first-order valence-corrected chi connectivity index (χ1v) is 12.5. The van der Waals surface area contributed by atoms with Crippen molar-refractivity contribution < 1.29 is 23.0 Å². The number of carbonyl (C=O) groups is 1. The van der Waals surface area contributed by atoms with Crippen LogP contribution in [0.2, 0.25) is 0 Å². The highest BCUT2D eigenvalue weighted by Crippen LogP contribution is 2.38. The van der Waals surface area contributed by atoms with Gasteiger partial charge in [-0.05, 0) is 71.5 Å². The van der Waals surface area contributed by atoms with E-state index in [1.807, 2.05) is 49.4 Å². The van der Waals surface area contributed by atoms with Crippen molar-refractivity contribution in [1.82, 2.24) is 10.3 Å². The van der Waals surface area contributed by atoms with Crippen molar-refractivity contribution in [3.05, 3.63) is 89.0 Å². The second-order valence-corrected chi connectivity index (χ2v) is 9.12. The molecule has 0 saturated carbocycles. The average Bonchev–Trinajstić information content (AvgIpc) is 3.48. The van der Waals surface area contributed by atoms with Gasteiger partial charge in [0, 0.05) is 12.1 Å². The first kappa shape index (κ1) is 26.0. The normalized spacial score (nSPS) is 12.7. The Hall–Kier alpha value is -4.59. The van der Waals surface area contributed by atoms with E-state index in [1.54, 1.807) is 13.2 Å². The Morgan fingerprint density at radius 1 is 0.897 bits per heavy atom. The molecular formula is C31H27F2N3O3.